The number of nitrogens with zero attached hydrogens (tertiary/aromatic N) is 1. The van der Waals surface area contributed by atoms with E-state index in [0.29, 0.717) is 4.90 Å². The minimum Gasteiger partial charge on any atom is -0.324 e. The summed E-state index contributed by atoms with van der Waals surface area (Å²) >= 11 is 1.21. The van der Waals surface area contributed by atoms with Crippen molar-refractivity contribution in [3.05, 3.63) is 23.8 Å². The van der Waals surface area contributed by atoms with Gasteiger partial charge in [-0.15, -0.1) is 11.8 Å². The molecule has 0 spiro atoms. The van der Waals surface area contributed by atoms with E-state index in [4.69, 9.17) is 5.26 Å². The van der Waals surface area contributed by atoms with Crippen molar-refractivity contribution in [3.8, 4) is 6.07 Å². The van der Waals surface area contributed by atoms with Gasteiger partial charge in [-0.1, -0.05) is 0 Å². The number of thioether (sulfide) groups is 1. The summed E-state index contributed by atoms with van der Waals surface area (Å²) in [4.78, 5) is 11.7. The van der Waals surface area contributed by atoms with Crippen LogP contribution in [0, 0.1) is 11.3 Å². The monoisotopic (exact) mass is 274 g/mol. The molecular formula is C11H9F3N2OS. The molecule has 0 unspecified atom stereocenters. The van der Waals surface area contributed by atoms with Gasteiger partial charge in [0.15, 0.2) is 0 Å². The van der Waals surface area contributed by atoms with E-state index < -0.39 is 24.1 Å². The Morgan fingerprint density at radius 3 is 2.67 bits per heavy atom. The average molecular weight is 274 g/mol. The van der Waals surface area contributed by atoms with Crippen LogP contribution in [0.2, 0.25) is 0 Å². The van der Waals surface area contributed by atoms with Crippen molar-refractivity contribution in [1.29, 1.82) is 5.26 Å². The molecule has 0 aliphatic carbocycles. The summed E-state index contributed by atoms with van der Waals surface area (Å²) in [7, 11) is 0. The number of hydrogen-bond donors (Lipinski definition) is 1. The Hall–Kier alpha value is -1.68. The summed E-state index contributed by atoms with van der Waals surface area (Å²) < 4.78 is 37.6. The lowest BCUT2D eigenvalue weighted by Crippen LogP contribution is -2.12. The van der Waals surface area contributed by atoms with Crippen molar-refractivity contribution in [2.75, 3.05) is 11.6 Å². The number of hydrogen-bond acceptors (Lipinski definition) is 3. The number of carbonyl (C=O) groups excluding carboxylic acids is 1. The third-order valence-corrected chi connectivity index (χ3v) is 2.84. The smallest absolute Gasteiger partial charge is 0.324 e. The molecule has 0 aliphatic heterocycles. The van der Waals surface area contributed by atoms with E-state index in [1.54, 1.807) is 12.3 Å². The Kier molecular flexibility index (Phi) is 4.62. The fraction of sp³-hybridized carbons (Fsp3) is 0.273. The van der Waals surface area contributed by atoms with Gasteiger partial charge in [0, 0.05) is 4.90 Å². The van der Waals surface area contributed by atoms with Gasteiger partial charge in [0.2, 0.25) is 5.91 Å². The summed E-state index contributed by atoms with van der Waals surface area (Å²) in [5, 5.41) is 10.6. The number of anilines is 1. The minimum absolute atomic E-state index is 0.0672. The maximum Gasteiger partial charge on any atom is 0.416 e. The summed E-state index contributed by atoms with van der Waals surface area (Å²) in [6.07, 6.45) is -3.18. The van der Waals surface area contributed by atoms with Gasteiger partial charge in [-0.3, -0.25) is 4.79 Å². The fourth-order valence-corrected chi connectivity index (χ4v) is 1.78. The molecule has 0 fully saturated rings. The van der Waals surface area contributed by atoms with Crippen LogP contribution in [0.25, 0.3) is 0 Å². The predicted molar refractivity (Wildman–Crippen MR) is 62.1 cm³/mol. The Bertz CT molecular complexity index is 494. The standard InChI is InChI=1S/C11H9F3N2OS/c1-18-9-3-2-7(11(12,13)14)6-8(9)16-10(17)4-5-15/h2-3,6H,4H2,1H3,(H,16,17). The van der Waals surface area contributed by atoms with Crippen LogP contribution in [0.4, 0.5) is 18.9 Å². The molecule has 1 aromatic rings. The zero-order valence-electron chi connectivity index (χ0n) is 9.34. The number of benzene rings is 1. The van der Waals surface area contributed by atoms with Gasteiger partial charge in [-0.25, -0.2) is 0 Å². The third kappa shape index (κ3) is 3.67. The van der Waals surface area contributed by atoms with Gasteiger partial charge in [-0.05, 0) is 24.5 Å². The Balaban J connectivity index is 3.07. The van der Waals surface area contributed by atoms with Crippen LogP contribution in [0.1, 0.15) is 12.0 Å². The van der Waals surface area contributed by atoms with Crippen molar-refractivity contribution in [2.24, 2.45) is 0 Å². The summed E-state index contributed by atoms with van der Waals surface area (Å²) in [5.74, 6) is -0.632. The van der Waals surface area contributed by atoms with E-state index in [1.807, 2.05) is 0 Å². The first-order chi connectivity index (χ1) is 8.38. The molecule has 0 bridgehead atoms. The molecule has 7 heteroatoms. The largest absolute Gasteiger partial charge is 0.416 e. The molecular weight excluding hydrogens is 265 g/mol. The van der Waals surface area contributed by atoms with Gasteiger partial charge >= 0.3 is 6.18 Å². The molecule has 1 N–H and O–H groups in total. The Morgan fingerprint density at radius 1 is 1.50 bits per heavy atom. The number of nitriles is 1. The summed E-state index contributed by atoms with van der Waals surface area (Å²) in [6, 6.07) is 4.73. The normalized spacial score (nSPS) is 10.8. The first-order valence-electron chi connectivity index (χ1n) is 4.80. The van der Waals surface area contributed by atoms with E-state index in [9.17, 15) is 18.0 Å². The highest BCUT2D eigenvalue weighted by Gasteiger charge is 2.31. The molecule has 0 aliphatic rings. The maximum atomic E-state index is 12.5. The molecule has 1 rings (SSSR count). The summed E-state index contributed by atoms with van der Waals surface area (Å²) in [5.41, 5.74) is -0.773. The van der Waals surface area contributed by atoms with Crippen LogP contribution in [-0.2, 0) is 11.0 Å². The molecule has 0 heterocycles. The van der Waals surface area contributed by atoms with Gasteiger partial charge in [0.05, 0.1) is 17.3 Å². The first kappa shape index (κ1) is 14.4. The Labute approximate surface area is 106 Å². The van der Waals surface area contributed by atoms with Crippen molar-refractivity contribution in [2.45, 2.75) is 17.5 Å². The molecule has 1 amide bonds. The van der Waals surface area contributed by atoms with E-state index in [2.05, 4.69) is 5.32 Å². The highest BCUT2D eigenvalue weighted by molar-refractivity contribution is 7.98. The lowest BCUT2D eigenvalue weighted by atomic mass is 10.2. The number of rotatable bonds is 3. The lowest BCUT2D eigenvalue weighted by Gasteiger charge is -2.12. The quantitative estimate of drug-likeness (QED) is 0.860. The minimum atomic E-state index is -4.47. The van der Waals surface area contributed by atoms with Gasteiger partial charge in [0.1, 0.15) is 6.42 Å². The maximum absolute atomic E-state index is 12.5. The van der Waals surface area contributed by atoms with Crippen LogP contribution in [0.5, 0.6) is 0 Å². The zero-order valence-corrected chi connectivity index (χ0v) is 10.2. The second-order valence-corrected chi connectivity index (χ2v) is 4.14. The fourth-order valence-electron chi connectivity index (χ4n) is 1.25. The van der Waals surface area contributed by atoms with Crippen LogP contribution in [-0.4, -0.2) is 12.2 Å². The van der Waals surface area contributed by atoms with Gasteiger partial charge in [-0.2, -0.15) is 18.4 Å². The topological polar surface area (TPSA) is 52.9 Å². The van der Waals surface area contributed by atoms with Crippen LogP contribution in [0.3, 0.4) is 0 Å². The van der Waals surface area contributed by atoms with Crippen molar-refractivity contribution < 1.29 is 18.0 Å². The van der Waals surface area contributed by atoms with E-state index in [0.717, 1.165) is 12.1 Å². The van der Waals surface area contributed by atoms with Crippen molar-refractivity contribution in [1.82, 2.24) is 0 Å². The molecule has 96 valence electrons. The second-order valence-electron chi connectivity index (χ2n) is 3.30. The molecule has 18 heavy (non-hydrogen) atoms. The van der Waals surface area contributed by atoms with Crippen LogP contribution in [0.15, 0.2) is 23.1 Å². The SMILES string of the molecule is CSc1ccc(C(F)(F)F)cc1NC(=O)CC#N. The number of carbonyl (C=O) groups is 1. The van der Waals surface area contributed by atoms with Crippen molar-refractivity contribution in [3.63, 3.8) is 0 Å². The van der Waals surface area contributed by atoms with Crippen LogP contribution >= 0.6 is 11.8 Å². The van der Waals surface area contributed by atoms with E-state index >= 15 is 0 Å². The number of amides is 1. The molecule has 0 radical (unpaired) electrons. The zero-order chi connectivity index (χ0) is 13.8. The average Bonchev–Trinajstić information content (AvgIpc) is 2.28. The molecule has 0 saturated carbocycles. The lowest BCUT2D eigenvalue weighted by molar-refractivity contribution is -0.137. The second kappa shape index (κ2) is 5.78. The molecule has 0 aromatic heterocycles. The number of nitrogens with one attached hydrogen (secondary N) is 1. The van der Waals surface area contributed by atoms with Gasteiger partial charge in [0.25, 0.3) is 0 Å². The highest BCUT2D eigenvalue weighted by atomic mass is 32.2. The first-order valence-corrected chi connectivity index (χ1v) is 6.03. The Morgan fingerprint density at radius 2 is 2.17 bits per heavy atom. The van der Waals surface area contributed by atoms with Crippen molar-refractivity contribution >= 4 is 23.4 Å². The highest BCUT2D eigenvalue weighted by Crippen LogP contribution is 2.34. The summed E-state index contributed by atoms with van der Waals surface area (Å²) in [6.45, 7) is 0. The molecule has 1 aromatic carbocycles. The molecule has 0 atom stereocenters. The third-order valence-electron chi connectivity index (χ3n) is 2.04. The molecule has 3 nitrogen and oxygen atoms in total. The van der Waals surface area contributed by atoms with E-state index in [1.165, 1.54) is 17.8 Å². The van der Waals surface area contributed by atoms with Crippen LogP contribution < -0.4 is 5.32 Å². The predicted octanol–water partition coefficient (Wildman–Crippen LogP) is 3.28. The van der Waals surface area contributed by atoms with Gasteiger partial charge < -0.3 is 5.32 Å². The number of halogens is 3. The number of alkyl halides is 3. The van der Waals surface area contributed by atoms with E-state index in [-0.39, 0.29) is 5.69 Å². The molecule has 0 saturated heterocycles.